The molecule has 4 saturated heterocycles. The third kappa shape index (κ3) is 5.59. The predicted molar refractivity (Wildman–Crippen MR) is 136 cm³/mol. The molecule has 1 amide bonds. The highest BCUT2D eigenvalue weighted by molar-refractivity contribution is 7.89. The summed E-state index contributed by atoms with van der Waals surface area (Å²) < 4.78 is 27.9. The maximum Gasteiger partial charge on any atom is 0.228 e. The summed E-state index contributed by atoms with van der Waals surface area (Å²) in [5.41, 5.74) is 3.57. The third-order valence-corrected chi connectivity index (χ3v) is 11.9. The quantitative estimate of drug-likeness (QED) is 0.568. The lowest BCUT2D eigenvalue weighted by Crippen LogP contribution is -2.50. The van der Waals surface area contributed by atoms with Crippen LogP contribution in [0.4, 0.5) is 0 Å². The monoisotopic (exact) mass is 510 g/mol. The van der Waals surface area contributed by atoms with Gasteiger partial charge < -0.3 is 10.0 Å². The number of amides is 1. The van der Waals surface area contributed by atoms with Gasteiger partial charge in [-0.1, -0.05) is 19.3 Å². The highest BCUT2D eigenvalue weighted by Gasteiger charge is 2.49. The van der Waals surface area contributed by atoms with Crippen molar-refractivity contribution in [2.24, 2.45) is 29.6 Å². The Morgan fingerprint density at radius 1 is 0.914 bits per heavy atom. The number of carbonyl (C=O) groups excluding carboxylic acids is 1. The Kier molecular flexibility index (Phi) is 8.09. The van der Waals surface area contributed by atoms with Gasteiger partial charge in [0, 0.05) is 57.3 Å². The van der Waals surface area contributed by atoms with Crippen LogP contribution >= 0.6 is 0 Å². The van der Waals surface area contributed by atoms with Crippen molar-refractivity contribution in [1.82, 2.24) is 19.6 Å². The van der Waals surface area contributed by atoms with Crippen LogP contribution in [-0.2, 0) is 14.8 Å². The average molecular weight is 511 g/mol. The first-order valence-corrected chi connectivity index (χ1v) is 15.9. The first-order chi connectivity index (χ1) is 16.9. The number of hydrogen-bond acceptors (Lipinski definition) is 6. The van der Waals surface area contributed by atoms with Crippen LogP contribution in [0.5, 0.6) is 0 Å². The minimum absolute atomic E-state index is 0.0359. The first-order valence-electron chi connectivity index (χ1n) is 14.3. The van der Waals surface area contributed by atoms with Gasteiger partial charge in [-0.25, -0.2) is 17.7 Å². The Morgan fingerprint density at radius 3 is 2.31 bits per heavy atom. The van der Waals surface area contributed by atoms with Crippen LogP contribution in [0.25, 0.3) is 0 Å². The molecule has 0 bridgehead atoms. The molecule has 200 valence electrons. The molecule has 5 atom stereocenters. The molecule has 2 N–H and O–H groups in total. The summed E-state index contributed by atoms with van der Waals surface area (Å²) in [5, 5.41) is 11.8. The van der Waals surface area contributed by atoms with Crippen molar-refractivity contribution in [3.05, 3.63) is 0 Å². The number of aliphatic hydroxyl groups excluding tert-OH is 1. The van der Waals surface area contributed by atoms with E-state index in [4.69, 9.17) is 0 Å². The SMILES string of the molecule is CC1NN2CCC(C3CCN(S(=O)(=O)CC4CCCCC4)CC3)CC2C1C(=O)N1CCC(CO)C1. The van der Waals surface area contributed by atoms with E-state index in [-0.39, 0.29) is 36.4 Å². The minimum atomic E-state index is -3.15. The molecular weight excluding hydrogens is 464 g/mol. The Hall–Kier alpha value is -0.740. The highest BCUT2D eigenvalue weighted by atomic mass is 32.2. The molecule has 5 aliphatic rings. The number of nitrogens with one attached hydrogen (secondary N) is 1. The largest absolute Gasteiger partial charge is 0.396 e. The number of carbonyl (C=O) groups is 1. The molecule has 4 aliphatic heterocycles. The van der Waals surface area contributed by atoms with E-state index in [9.17, 15) is 18.3 Å². The second-order valence-corrected chi connectivity index (χ2v) is 14.1. The third-order valence-electron chi connectivity index (χ3n) is 9.88. The van der Waals surface area contributed by atoms with Gasteiger partial charge in [0.05, 0.1) is 11.7 Å². The molecular formula is C26H46N4O4S. The van der Waals surface area contributed by atoms with E-state index in [1.807, 2.05) is 4.90 Å². The molecule has 5 unspecified atom stereocenters. The van der Waals surface area contributed by atoms with Crippen molar-refractivity contribution in [1.29, 1.82) is 0 Å². The maximum atomic E-state index is 13.5. The fourth-order valence-corrected chi connectivity index (χ4v) is 9.69. The van der Waals surface area contributed by atoms with E-state index < -0.39 is 10.0 Å². The summed E-state index contributed by atoms with van der Waals surface area (Å²) in [6.45, 7) is 6.03. The predicted octanol–water partition coefficient (Wildman–Crippen LogP) is 2.05. The molecule has 0 radical (unpaired) electrons. The van der Waals surface area contributed by atoms with E-state index in [0.29, 0.717) is 43.1 Å². The molecule has 4 heterocycles. The van der Waals surface area contributed by atoms with Crippen molar-refractivity contribution >= 4 is 15.9 Å². The second-order valence-electron chi connectivity index (χ2n) is 12.1. The number of hydrazine groups is 1. The van der Waals surface area contributed by atoms with E-state index in [0.717, 1.165) is 58.0 Å². The fraction of sp³-hybridized carbons (Fsp3) is 0.962. The van der Waals surface area contributed by atoms with Gasteiger partial charge in [-0.2, -0.15) is 0 Å². The van der Waals surface area contributed by atoms with Gasteiger partial charge in [0.15, 0.2) is 0 Å². The average Bonchev–Trinajstić information content (AvgIpc) is 3.47. The van der Waals surface area contributed by atoms with Gasteiger partial charge >= 0.3 is 0 Å². The van der Waals surface area contributed by atoms with Crippen LogP contribution in [0.3, 0.4) is 0 Å². The fourth-order valence-electron chi connectivity index (χ4n) is 7.78. The van der Waals surface area contributed by atoms with Gasteiger partial charge in [0.25, 0.3) is 0 Å². The van der Waals surface area contributed by atoms with Crippen molar-refractivity contribution in [2.75, 3.05) is 45.1 Å². The van der Waals surface area contributed by atoms with Crippen LogP contribution in [-0.4, -0.2) is 90.8 Å². The molecule has 5 rings (SSSR count). The molecule has 35 heavy (non-hydrogen) atoms. The lowest BCUT2D eigenvalue weighted by atomic mass is 9.74. The summed E-state index contributed by atoms with van der Waals surface area (Å²) in [6, 6.07) is 0.351. The zero-order valence-electron chi connectivity index (χ0n) is 21.5. The Labute approximate surface area is 211 Å². The van der Waals surface area contributed by atoms with Crippen LogP contribution in [0.2, 0.25) is 0 Å². The van der Waals surface area contributed by atoms with Crippen LogP contribution in [0.1, 0.15) is 71.1 Å². The standard InChI is InChI=1S/C26H46N4O4S/c1-19-25(26(32)28-11-7-21(16-28)17-31)24-15-23(10-14-30(24)27-19)22-8-12-29(13-9-22)35(33,34)18-20-5-3-2-4-6-20/h19-25,27,31H,2-18H2,1H3. The number of fused-ring (bicyclic) bond motifs is 1. The topological polar surface area (TPSA) is 93.2 Å². The lowest BCUT2D eigenvalue weighted by Gasteiger charge is -2.42. The number of piperidine rings is 2. The van der Waals surface area contributed by atoms with Crippen LogP contribution in [0.15, 0.2) is 0 Å². The summed E-state index contributed by atoms with van der Waals surface area (Å²) in [4.78, 5) is 15.5. The Balaban J connectivity index is 1.16. The Bertz CT molecular complexity index is 840. The molecule has 0 aromatic heterocycles. The van der Waals surface area contributed by atoms with E-state index >= 15 is 0 Å². The minimum Gasteiger partial charge on any atom is -0.396 e. The zero-order valence-corrected chi connectivity index (χ0v) is 22.3. The van der Waals surface area contributed by atoms with Crippen molar-refractivity contribution in [3.8, 4) is 0 Å². The second kappa shape index (κ2) is 10.9. The summed E-state index contributed by atoms with van der Waals surface area (Å²) in [6.07, 6.45) is 10.7. The normalized spacial score (nSPS) is 36.5. The number of nitrogens with zero attached hydrogens (tertiary/aromatic N) is 3. The highest BCUT2D eigenvalue weighted by Crippen LogP contribution is 2.40. The molecule has 0 aromatic carbocycles. The molecule has 1 aliphatic carbocycles. The number of sulfonamides is 1. The number of rotatable bonds is 6. The zero-order chi connectivity index (χ0) is 24.6. The lowest BCUT2D eigenvalue weighted by molar-refractivity contribution is -0.136. The van der Waals surface area contributed by atoms with Crippen molar-refractivity contribution < 1.29 is 18.3 Å². The van der Waals surface area contributed by atoms with Gasteiger partial charge in [0.1, 0.15) is 0 Å². The van der Waals surface area contributed by atoms with Gasteiger partial charge in [-0.15, -0.1) is 0 Å². The Morgan fingerprint density at radius 2 is 1.63 bits per heavy atom. The summed E-state index contributed by atoms with van der Waals surface area (Å²) in [5.74, 6) is 2.24. The van der Waals surface area contributed by atoms with Crippen LogP contribution < -0.4 is 5.43 Å². The molecule has 5 fully saturated rings. The maximum absolute atomic E-state index is 13.5. The smallest absolute Gasteiger partial charge is 0.228 e. The van der Waals surface area contributed by atoms with Crippen molar-refractivity contribution in [2.45, 2.75) is 83.2 Å². The molecule has 9 heteroatoms. The molecule has 8 nitrogen and oxygen atoms in total. The molecule has 0 aromatic rings. The number of hydrogen-bond donors (Lipinski definition) is 2. The van der Waals surface area contributed by atoms with Gasteiger partial charge in [-0.05, 0) is 69.6 Å². The van der Waals surface area contributed by atoms with E-state index in [2.05, 4.69) is 17.4 Å². The van der Waals surface area contributed by atoms with Gasteiger partial charge in [0.2, 0.25) is 15.9 Å². The number of likely N-dealkylation sites (tertiary alicyclic amines) is 1. The van der Waals surface area contributed by atoms with E-state index in [1.165, 1.54) is 19.3 Å². The molecule has 0 spiro atoms. The number of aliphatic hydroxyl groups is 1. The summed E-state index contributed by atoms with van der Waals surface area (Å²) >= 11 is 0. The summed E-state index contributed by atoms with van der Waals surface area (Å²) in [7, 11) is -3.15. The van der Waals surface area contributed by atoms with E-state index in [1.54, 1.807) is 4.31 Å². The van der Waals surface area contributed by atoms with Gasteiger partial charge in [-0.3, -0.25) is 10.2 Å². The van der Waals surface area contributed by atoms with Crippen molar-refractivity contribution in [3.63, 3.8) is 0 Å². The molecule has 1 saturated carbocycles. The first kappa shape index (κ1) is 25.9. The van der Waals surface area contributed by atoms with Crippen LogP contribution in [0, 0.1) is 29.6 Å².